The molecule has 11 nitrogen and oxygen atoms in total. The summed E-state index contributed by atoms with van der Waals surface area (Å²) in [5.41, 5.74) is -0.743. The molecule has 0 bridgehead atoms. The summed E-state index contributed by atoms with van der Waals surface area (Å²) < 4.78 is 63.2. The predicted molar refractivity (Wildman–Crippen MR) is 169 cm³/mol. The molecule has 0 spiro atoms. The number of fused-ring (bicyclic) bond motifs is 1. The first-order valence-corrected chi connectivity index (χ1v) is 15.3. The van der Waals surface area contributed by atoms with Gasteiger partial charge in [-0.15, -0.1) is 0 Å². The van der Waals surface area contributed by atoms with Crippen LogP contribution in [0.3, 0.4) is 0 Å². The number of nitro benzene ring substituents is 1. The van der Waals surface area contributed by atoms with Crippen molar-refractivity contribution in [3.63, 3.8) is 0 Å². The van der Waals surface area contributed by atoms with Crippen molar-refractivity contribution in [3.8, 4) is 23.0 Å². The molecule has 2 heterocycles. The summed E-state index contributed by atoms with van der Waals surface area (Å²) in [6, 6.07) is 12.6. The molecule has 3 aromatic carbocycles. The van der Waals surface area contributed by atoms with E-state index in [1.54, 1.807) is 57.2 Å². The van der Waals surface area contributed by atoms with Crippen molar-refractivity contribution in [2.24, 2.45) is 4.99 Å². The summed E-state index contributed by atoms with van der Waals surface area (Å²) in [6.07, 6.45) is -3.20. The van der Waals surface area contributed by atoms with Crippen LogP contribution in [-0.4, -0.2) is 35.8 Å². The topological polar surface area (TPSA) is 131 Å². The molecule has 1 aliphatic rings. The number of esters is 1. The van der Waals surface area contributed by atoms with Gasteiger partial charge >= 0.3 is 17.8 Å². The van der Waals surface area contributed by atoms with Crippen molar-refractivity contribution in [2.75, 3.05) is 20.3 Å². The largest absolute Gasteiger partial charge is 0.497 e. The van der Waals surface area contributed by atoms with Gasteiger partial charge in [-0.3, -0.25) is 19.5 Å². The number of ether oxygens (including phenoxy) is 4. The predicted octanol–water partition coefficient (Wildman–Crippen LogP) is 5.92. The van der Waals surface area contributed by atoms with Crippen LogP contribution < -0.4 is 29.1 Å². The lowest BCUT2D eigenvalue weighted by atomic mass is 9.96. The van der Waals surface area contributed by atoms with Crippen LogP contribution in [0, 0.1) is 10.1 Å². The van der Waals surface area contributed by atoms with E-state index < -0.39 is 45.7 Å². The third-order valence-electron chi connectivity index (χ3n) is 7.22. The Balaban J connectivity index is 1.58. The minimum absolute atomic E-state index is 0.00697. The van der Waals surface area contributed by atoms with Crippen molar-refractivity contribution in [1.29, 1.82) is 0 Å². The van der Waals surface area contributed by atoms with Crippen molar-refractivity contribution >= 4 is 29.1 Å². The fraction of sp³-hybridized carbons (Fsp3) is 0.242. The minimum Gasteiger partial charge on any atom is -0.497 e. The normalized spacial score (nSPS) is 14.6. The third kappa shape index (κ3) is 6.81. The molecule has 15 heteroatoms. The molecule has 1 aliphatic heterocycles. The van der Waals surface area contributed by atoms with Crippen LogP contribution in [0.1, 0.15) is 43.5 Å². The number of carbonyl (C=O) groups excluding carboxylic acids is 1. The van der Waals surface area contributed by atoms with E-state index in [0.29, 0.717) is 39.5 Å². The van der Waals surface area contributed by atoms with Crippen LogP contribution >= 0.6 is 11.3 Å². The van der Waals surface area contributed by atoms with Gasteiger partial charge in [-0.2, -0.15) is 13.2 Å². The Kier molecular flexibility index (Phi) is 9.70. The van der Waals surface area contributed by atoms with Crippen molar-refractivity contribution in [1.82, 2.24) is 4.57 Å². The smallest absolute Gasteiger partial charge is 0.416 e. The first kappa shape index (κ1) is 33.9. The second kappa shape index (κ2) is 13.7. The second-order valence-electron chi connectivity index (χ2n) is 10.3. The van der Waals surface area contributed by atoms with Gasteiger partial charge in [0.15, 0.2) is 16.3 Å². The first-order valence-electron chi connectivity index (χ1n) is 14.5. The number of aromatic nitrogens is 1. The third-order valence-corrected chi connectivity index (χ3v) is 8.20. The fourth-order valence-electron chi connectivity index (χ4n) is 5.05. The van der Waals surface area contributed by atoms with E-state index in [1.807, 2.05) is 0 Å². The van der Waals surface area contributed by atoms with Crippen LogP contribution in [0.15, 0.2) is 81.7 Å². The maximum Gasteiger partial charge on any atom is 0.416 e. The highest BCUT2D eigenvalue weighted by atomic mass is 32.1. The number of nitro groups is 1. The number of hydrogen-bond acceptors (Lipinski definition) is 10. The SMILES string of the molecule is CCOC(=O)C1=C(C)N=c2sc(=Cc3ccc(Oc4ccc(C(F)(F)F)cc4[N+](=O)[O-])c(OCC)c3)c(=O)n2[C@H]1c1ccc(OC)cc1. The molecule has 5 rings (SSSR count). The molecule has 0 saturated carbocycles. The molecule has 4 aromatic rings. The molecule has 1 aromatic heterocycles. The van der Waals surface area contributed by atoms with Crippen molar-refractivity contribution in [3.05, 3.63) is 118 Å². The molecule has 0 N–H and O–H groups in total. The zero-order valence-corrected chi connectivity index (χ0v) is 26.8. The Morgan fingerprint density at radius 1 is 1.04 bits per heavy atom. The quantitative estimate of drug-likeness (QED) is 0.114. The molecule has 48 heavy (non-hydrogen) atoms. The minimum atomic E-state index is -4.78. The molecule has 0 fully saturated rings. The Bertz CT molecular complexity index is 2100. The number of benzene rings is 3. The summed E-state index contributed by atoms with van der Waals surface area (Å²) in [5.74, 6) is -0.285. The summed E-state index contributed by atoms with van der Waals surface area (Å²) in [4.78, 5) is 42.6. The molecular weight excluding hydrogens is 655 g/mol. The van der Waals surface area contributed by atoms with Gasteiger partial charge in [0, 0.05) is 6.07 Å². The van der Waals surface area contributed by atoms with Gasteiger partial charge in [0.2, 0.25) is 5.75 Å². The van der Waals surface area contributed by atoms with Crippen LogP contribution in [0.5, 0.6) is 23.0 Å². The molecule has 0 aliphatic carbocycles. The molecular formula is C33H28F3N3O8S. The van der Waals surface area contributed by atoms with Crippen molar-refractivity contribution in [2.45, 2.75) is 33.0 Å². The van der Waals surface area contributed by atoms with Gasteiger partial charge in [-0.25, -0.2) is 9.79 Å². The Hall–Kier alpha value is -5.44. The number of hydrogen-bond donors (Lipinski definition) is 0. The summed E-state index contributed by atoms with van der Waals surface area (Å²) in [5, 5.41) is 11.6. The molecule has 0 unspecified atom stereocenters. The molecule has 0 radical (unpaired) electrons. The van der Waals surface area contributed by atoms with Gasteiger partial charge in [-0.1, -0.05) is 29.5 Å². The Morgan fingerprint density at radius 2 is 1.75 bits per heavy atom. The van der Waals surface area contributed by atoms with E-state index in [-0.39, 0.29) is 34.8 Å². The summed E-state index contributed by atoms with van der Waals surface area (Å²) >= 11 is 1.11. The van der Waals surface area contributed by atoms with E-state index in [1.165, 1.54) is 23.8 Å². The van der Waals surface area contributed by atoms with E-state index in [9.17, 15) is 32.9 Å². The van der Waals surface area contributed by atoms with Gasteiger partial charge in [-0.05, 0) is 74.4 Å². The monoisotopic (exact) mass is 683 g/mol. The first-order chi connectivity index (χ1) is 22.9. The highest BCUT2D eigenvalue weighted by molar-refractivity contribution is 7.07. The molecule has 0 saturated heterocycles. The average molecular weight is 684 g/mol. The maximum absolute atomic E-state index is 14.0. The van der Waals surface area contributed by atoms with Gasteiger partial charge in [0.1, 0.15) is 5.75 Å². The number of allylic oxidation sites excluding steroid dienone is 1. The lowest BCUT2D eigenvalue weighted by Gasteiger charge is -2.24. The Labute approximate surface area is 274 Å². The molecule has 250 valence electrons. The number of thiazole rings is 1. The van der Waals surface area contributed by atoms with Gasteiger partial charge < -0.3 is 18.9 Å². The fourth-order valence-corrected chi connectivity index (χ4v) is 6.10. The molecule has 1 atom stereocenters. The van der Waals surface area contributed by atoms with Gasteiger partial charge in [0.05, 0.1) is 52.7 Å². The van der Waals surface area contributed by atoms with E-state index in [2.05, 4.69) is 4.99 Å². The lowest BCUT2D eigenvalue weighted by Crippen LogP contribution is -2.39. The van der Waals surface area contributed by atoms with Crippen LogP contribution in [0.4, 0.5) is 18.9 Å². The summed E-state index contributed by atoms with van der Waals surface area (Å²) in [7, 11) is 1.53. The number of halogens is 3. The van der Waals surface area contributed by atoms with E-state index >= 15 is 0 Å². The lowest BCUT2D eigenvalue weighted by molar-refractivity contribution is -0.385. The van der Waals surface area contributed by atoms with Crippen LogP contribution in [-0.2, 0) is 15.7 Å². The van der Waals surface area contributed by atoms with E-state index in [4.69, 9.17) is 18.9 Å². The average Bonchev–Trinajstić information content (AvgIpc) is 3.34. The number of alkyl halides is 3. The number of methoxy groups -OCH3 is 1. The van der Waals surface area contributed by atoms with Crippen molar-refractivity contribution < 1.29 is 41.8 Å². The van der Waals surface area contributed by atoms with E-state index in [0.717, 1.165) is 17.4 Å². The summed E-state index contributed by atoms with van der Waals surface area (Å²) in [6.45, 7) is 5.34. The number of nitrogens with zero attached hydrogens (tertiary/aromatic N) is 3. The second-order valence-corrected chi connectivity index (χ2v) is 11.3. The Morgan fingerprint density at radius 3 is 2.38 bits per heavy atom. The number of carbonyl (C=O) groups is 1. The highest BCUT2D eigenvalue weighted by Gasteiger charge is 2.35. The van der Waals surface area contributed by atoms with Crippen LogP contribution in [0.2, 0.25) is 0 Å². The molecule has 0 amide bonds. The maximum atomic E-state index is 14.0. The van der Waals surface area contributed by atoms with Crippen LogP contribution in [0.25, 0.3) is 6.08 Å². The highest BCUT2D eigenvalue weighted by Crippen LogP contribution is 2.40. The van der Waals surface area contributed by atoms with Gasteiger partial charge in [0.25, 0.3) is 5.56 Å². The zero-order chi connectivity index (χ0) is 34.7. The zero-order valence-electron chi connectivity index (χ0n) is 26.0. The number of rotatable bonds is 10. The standard InChI is InChI=1S/C33H28F3N3O8S/c1-5-45-26-15-19(7-13-25(26)47-24-14-10-21(33(34,35)36)17-23(24)39(42)43)16-27-30(40)38-29(20-8-11-22(44-4)12-9-20)28(31(41)46-6-2)18(3)37-32(38)48-27/h7-17,29H,5-6H2,1-4H3/t29-/m0/s1.